The lowest BCUT2D eigenvalue weighted by Crippen LogP contribution is -2.39. The van der Waals surface area contributed by atoms with Gasteiger partial charge in [0.05, 0.1) is 0 Å². The Morgan fingerprint density at radius 1 is 0.935 bits per heavy atom. The van der Waals surface area contributed by atoms with Gasteiger partial charge in [-0.3, -0.25) is 9.59 Å². The molecule has 0 aromatic heterocycles. The van der Waals surface area contributed by atoms with Gasteiger partial charge in [-0.25, -0.2) is 9.18 Å². The maximum absolute atomic E-state index is 13.1. The van der Waals surface area contributed by atoms with E-state index in [1.54, 1.807) is 28.0 Å². The summed E-state index contributed by atoms with van der Waals surface area (Å²) in [5.41, 5.74) is 2.41. The van der Waals surface area contributed by atoms with Gasteiger partial charge in [-0.1, -0.05) is 0 Å². The Morgan fingerprint density at radius 2 is 1.58 bits per heavy atom. The molecule has 2 aromatic rings. The third kappa shape index (κ3) is 5.59. The Hall–Kier alpha value is -3.42. The molecule has 0 atom stereocenters. The van der Waals surface area contributed by atoms with Crippen molar-refractivity contribution >= 4 is 23.5 Å². The number of anilines is 1. The highest BCUT2D eigenvalue weighted by molar-refractivity contribution is 5.96. The van der Waals surface area contributed by atoms with Crippen LogP contribution in [-0.4, -0.2) is 60.4 Å². The Balaban J connectivity index is 1.60. The van der Waals surface area contributed by atoms with Gasteiger partial charge < -0.3 is 20.4 Å². The maximum Gasteiger partial charge on any atom is 0.321 e. The van der Waals surface area contributed by atoms with Gasteiger partial charge >= 0.3 is 6.03 Å². The molecule has 1 fully saturated rings. The highest BCUT2D eigenvalue weighted by Crippen LogP contribution is 2.18. The van der Waals surface area contributed by atoms with Gasteiger partial charge in [-0.2, -0.15) is 0 Å². The quantitative estimate of drug-likeness (QED) is 0.787. The van der Waals surface area contributed by atoms with E-state index >= 15 is 0 Å². The van der Waals surface area contributed by atoms with Crippen molar-refractivity contribution in [2.24, 2.45) is 0 Å². The van der Waals surface area contributed by atoms with E-state index in [0.29, 0.717) is 56.0 Å². The topological polar surface area (TPSA) is 81.8 Å². The minimum Gasteiger partial charge on any atom is -0.352 e. The molecule has 4 amide bonds. The van der Waals surface area contributed by atoms with E-state index < -0.39 is 0 Å². The first-order valence-electron chi connectivity index (χ1n) is 10.4. The number of nitrogens with zero attached hydrogens (tertiary/aromatic N) is 2. The molecule has 1 heterocycles. The van der Waals surface area contributed by atoms with Crippen molar-refractivity contribution in [3.63, 3.8) is 0 Å². The second-order valence-corrected chi connectivity index (χ2v) is 7.46. The molecular weight excluding hydrogens is 399 g/mol. The summed E-state index contributed by atoms with van der Waals surface area (Å²) in [4.78, 5) is 40.8. The van der Waals surface area contributed by atoms with Crippen LogP contribution in [0.25, 0.3) is 0 Å². The van der Waals surface area contributed by atoms with Crippen LogP contribution in [0.1, 0.15) is 39.6 Å². The van der Waals surface area contributed by atoms with Crippen LogP contribution < -0.4 is 10.6 Å². The Labute approximate surface area is 181 Å². The zero-order valence-corrected chi connectivity index (χ0v) is 17.8. The number of halogens is 1. The van der Waals surface area contributed by atoms with Crippen LogP contribution in [0, 0.1) is 12.7 Å². The summed E-state index contributed by atoms with van der Waals surface area (Å²) in [7, 11) is 0. The molecule has 1 saturated heterocycles. The minimum absolute atomic E-state index is 0.151. The van der Waals surface area contributed by atoms with E-state index in [1.165, 1.54) is 24.3 Å². The number of carbonyl (C=O) groups excluding carboxylic acids is 3. The summed E-state index contributed by atoms with van der Waals surface area (Å²) in [6.45, 7) is 6.09. The molecular formula is C23H27FN4O3. The molecule has 0 saturated carbocycles. The van der Waals surface area contributed by atoms with Crippen molar-refractivity contribution in [2.45, 2.75) is 20.3 Å². The van der Waals surface area contributed by atoms with Crippen LogP contribution in [-0.2, 0) is 0 Å². The van der Waals surface area contributed by atoms with Crippen molar-refractivity contribution in [3.8, 4) is 0 Å². The molecule has 31 heavy (non-hydrogen) atoms. The fourth-order valence-corrected chi connectivity index (χ4v) is 3.50. The SMILES string of the molecule is CCNC(=O)c1ccc(NC(=O)N2CCCN(C(=O)c3ccc(F)cc3)CC2)c(C)c1. The fraction of sp³-hybridized carbons (Fsp3) is 0.348. The zero-order chi connectivity index (χ0) is 22.4. The van der Waals surface area contributed by atoms with E-state index in [9.17, 15) is 18.8 Å². The summed E-state index contributed by atoms with van der Waals surface area (Å²) in [6.07, 6.45) is 0.648. The highest BCUT2D eigenvalue weighted by Gasteiger charge is 2.23. The maximum atomic E-state index is 13.1. The van der Waals surface area contributed by atoms with Crippen LogP contribution in [0.4, 0.5) is 14.9 Å². The van der Waals surface area contributed by atoms with E-state index in [1.807, 2.05) is 13.8 Å². The molecule has 2 aromatic carbocycles. The molecule has 7 nitrogen and oxygen atoms in total. The average Bonchev–Trinajstić information content (AvgIpc) is 3.02. The van der Waals surface area contributed by atoms with Gasteiger partial charge in [-0.05, 0) is 68.3 Å². The Bertz CT molecular complexity index is 962. The summed E-state index contributed by atoms with van der Waals surface area (Å²) in [5.74, 6) is -0.703. The first kappa shape index (κ1) is 22.3. The van der Waals surface area contributed by atoms with E-state index in [0.717, 1.165) is 5.56 Å². The van der Waals surface area contributed by atoms with Gasteiger partial charge in [0.15, 0.2) is 0 Å². The van der Waals surface area contributed by atoms with Crippen molar-refractivity contribution < 1.29 is 18.8 Å². The summed E-state index contributed by atoms with van der Waals surface area (Å²) in [6, 6.07) is 10.4. The van der Waals surface area contributed by atoms with E-state index in [2.05, 4.69) is 10.6 Å². The number of nitrogens with one attached hydrogen (secondary N) is 2. The van der Waals surface area contributed by atoms with Gasteiger partial charge in [0.2, 0.25) is 0 Å². The van der Waals surface area contributed by atoms with Crippen molar-refractivity contribution in [1.29, 1.82) is 0 Å². The second kappa shape index (κ2) is 10.1. The smallest absolute Gasteiger partial charge is 0.321 e. The molecule has 164 valence electrons. The van der Waals surface area contributed by atoms with Crippen LogP contribution in [0.3, 0.4) is 0 Å². The summed E-state index contributed by atoms with van der Waals surface area (Å²) >= 11 is 0. The largest absolute Gasteiger partial charge is 0.352 e. The number of rotatable bonds is 4. The number of amides is 4. The van der Waals surface area contributed by atoms with E-state index in [4.69, 9.17) is 0 Å². The van der Waals surface area contributed by atoms with Gasteiger partial charge in [0.25, 0.3) is 11.8 Å². The van der Waals surface area contributed by atoms with Gasteiger partial charge in [0.1, 0.15) is 5.82 Å². The number of hydrogen-bond donors (Lipinski definition) is 2. The fourth-order valence-electron chi connectivity index (χ4n) is 3.50. The lowest BCUT2D eigenvalue weighted by molar-refractivity contribution is 0.0762. The molecule has 0 aliphatic carbocycles. The highest BCUT2D eigenvalue weighted by atomic mass is 19.1. The molecule has 1 aliphatic rings. The van der Waals surface area contributed by atoms with Crippen LogP contribution in [0.2, 0.25) is 0 Å². The zero-order valence-electron chi connectivity index (χ0n) is 17.8. The molecule has 0 spiro atoms. The predicted octanol–water partition coefficient (Wildman–Crippen LogP) is 3.26. The first-order chi connectivity index (χ1) is 14.9. The minimum atomic E-state index is -0.385. The number of carbonyl (C=O) groups is 3. The third-order valence-corrected chi connectivity index (χ3v) is 5.23. The van der Waals surface area contributed by atoms with Crippen LogP contribution in [0.15, 0.2) is 42.5 Å². The van der Waals surface area contributed by atoms with Crippen molar-refractivity contribution in [2.75, 3.05) is 38.0 Å². The van der Waals surface area contributed by atoms with Gasteiger partial charge in [0, 0.05) is 49.5 Å². The summed E-state index contributed by atoms with van der Waals surface area (Å²) < 4.78 is 13.1. The summed E-state index contributed by atoms with van der Waals surface area (Å²) in [5, 5.41) is 5.65. The standard InChI is InChI=1S/C23H27FN4O3/c1-3-25-21(29)18-7-10-20(16(2)15-18)26-23(31)28-12-4-11-27(13-14-28)22(30)17-5-8-19(24)9-6-17/h5-10,15H,3-4,11-14H2,1-2H3,(H,25,29)(H,26,31). The molecule has 0 unspecified atom stereocenters. The molecule has 8 heteroatoms. The van der Waals surface area contributed by atoms with Crippen LogP contribution in [0.5, 0.6) is 0 Å². The normalized spacial score (nSPS) is 14.0. The monoisotopic (exact) mass is 426 g/mol. The molecule has 1 aliphatic heterocycles. The number of urea groups is 1. The Kier molecular flexibility index (Phi) is 7.23. The molecule has 0 radical (unpaired) electrons. The number of benzene rings is 2. The van der Waals surface area contributed by atoms with Crippen molar-refractivity contribution in [3.05, 3.63) is 65.0 Å². The Morgan fingerprint density at radius 3 is 2.26 bits per heavy atom. The molecule has 3 rings (SSSR count). The number of hydrogen-bond acceptors (Lipinski definition) is 3. The lowest BCUT2D eigenvalue weighted by atomic mass is 10.1. The average molecular weight is 426 g/mol. The van der Waals surface area contributed by atoms with Gasteiger partial charge in [-0.15, -0.1) is 0 Å². The first-order valence-corrected chi connectivity index (χ1v) is 10.4. The molecule has 2 N–H and O–H groups in total. The van der Waals surface area contributed by atoms with E-state index in [-0.39, 0.29) is 23.7 Å². The number of aryl methyl sites for hydroxylation is 1. The predicted molar refractivity (Wildman–Crippen MR) is 117 cm³/mol. The van der Waals surface area contributed by atoms with Crippen molar-refractivity contribution in [1.82, 2.24) is 15.1 Å². The van der Waals surface area contributed by atoms with Crippen LogP contribution >= 0.6 is 0 Å². The lowest BCUT2D eigenvalue weighted by Gasteiger charge is -2.23. The second-order valence-electron chi connectivity index (χ2n) is 7.46. The third-order valence-electron chi connectivity index (χ3n) is 5.23. The molecule has 0 bridgehead atoms.